The molecule has 1 heterocycles. The van der Waals surface area contributed by atoms with E-state index in [2.05, 4.69) is 29.5 Å². The molecule has 2 N–H and O–H groups in total. The van der Waals surface area contributed by atoms with E-state index in [1.165, 1.54) is 0 Å². The summed E-state index contributed by atoms with van der Waals surface area (Å²) in [5, 5.41) is 6.16. The molecule has 0 unspecified atom stereocenters. The predicted octanol–water partition coefficient (Wildman–Crippen LogP) is 3.34. The van der Waals surface area contributed by atoms with Gasteiger partial charge in [-0.15, -0.1) is 11.3 Å². The molecule has 0 bridgehead atoms. The molecule has 0 saturated heterocycles. The van der Waals surface area contributed by atoms with Crippen LogP contribution in [0.5, 0.6) is 0 Å². The maximum Gasteiger partial charge on any atom is 0.225 e. The van der Waals surface area contributed by atoms with Gasteiger partial charge in [-0.05, 0) is 24.5 Å². The van der Waals surface area contributed by atoms with E-state index >= 15 is 0 Å². The number of hydrogen-bond acceptors (Lipinski definition) is 5. The number of hydrogen-bond donors (Lipinski definition) is 2. The van der Waals surface area contributed by atoms with Crippen molar-refractivity contribution in [1.82, 2.24) is 10.3 Å². The molecule has 1 aromatic carbocycles. The van der Waals surface area contributed by atoms with Gasteiger partial charge in [0.1, 0.15) is 0 Å². The first kappa shape index (κ1) is 15.3. The summed E-state index contributed by atoms with van der Waals surface area (Å²) < 4.78 is 2.15. The zero-order valence-corrected chi connectivity index (χ0v) is 13.5. The monoisotopic (exact) mass is 309 g/mol. The lowest BCUT2D eigenvalue weighted by atomic mass is 10.3. The van der Waals surface area contributed by atoms with E-state index in [-0.39, 0.29) is 5.91 Å². The van der Waals surface area contributed by atoms with Gasteiger partial charge in [0, 0.05) is 24.7 Å². The number of amides is 1. The van der Waals surface area contributed by atoms with Gasteiger partial charge in [-0.2, -0.15) is 0 Å². The van der Waals surface area contributed by atoms with Crippen LogP contribution < -0.4 is 10.6 Å². The van der Waals surface area contributed by atoms with Crippen molar-refractivity contribution in [1.29, 1.82) is 0 Å². The maximum absolute atomic E-state index is 11.8. The van der Waals surface area contributed by atoms with Gasteiger partial charge in [-0.3, -0.25) is 4.79 Å². The van der Waals surface area contributed by atoms with Crippen LogP contribution in [0.25, 0.3) is 10.2 Å². The molecule has 0 radical (unpaired) electrons. The fourth-order valence-corrected chi connectivity index (χ4v) is 3.29. The number of rotatable bonds is 6. The Morgan fingerprint density at radius 3 is 2.95 bits per heavy atom. The van der Waals surface area contributed by atoms with Crippen molar-refractivity contribution in [3.05, 3.63) is 18.2 Å². The highest BCUT2D eigenvalue weighted by Gasteiger charge is 2.06. The summed E-state index contributed by atoms with van der Waals surface area (Å²) in [5.41, 5.74) is 1.82. The second kappa shape index (κ2) is 7.06. The number of carbonyl (C=O) groups excluding carboxylic acids is 1. The van der Waals surface area contributed by atoms with Gasteiger partial charge >= 0.3 is 0 Å². The van der Waals surface area contributed by atoms with Crippen molar-refractivity contribution in [3.63, 3.8) is 0 Å². The number of anilines is 1. The zero-order valence-electron chi connectivity index (χ0n) is 11.9. The predicted molar refractivity (Wildman–Crippen MR) is 87.8 cm³/mol. The molecule has 1 amide bonds. The Hall–Kier alpha value is -1.11. The molecule has 4 nitrogen and oxygen atoms in total. The summed E-state index contributed by atoms with van der Waals surface area (Å²) in [6.07, 6.45) is 2.50. The Labute approximate surface area is 127 Å². The standard InChI is InChI=1S/C14H19N3OS2/c1-9(2)15-7-6-13(18)16-10-4-5-11-12(8-10)20-14(17-11)19-3/h4-5,8-9,15H,6-7H2,1-3H3,(H,16,18). The molecule has 2 aromatic rings. The summed E-state index contributed by atoms with van der Waals surface area (Å²) in [6.45, 7) is 4.83. The molecule has 0 aliphatic rings. The third kappa shape index (κ3) is 4.19. The molecule has 20 heavy (non-hydrogen) atoms. The third-order valence-electron chi connectivity index (χ3n) is 2.73. The van der Waals surface area contributed by atoms with Gasteiger partial charge < -0.3 is 10.6 Å². The molecule has 0 aliphatic heterocycles. The minimum Gasteiger partial charge on any atom is -0.326 e. The normalized spacial score (nSPS) is 11.2. The highest BCUT2D eigenvalue weighted by Crippen LogP contribution is 2.29. The van der Waals surface area contributed by atoms with E-state index in [4.69, 9.17) is 0 Å². The van der Waals surface area contributed by atoms with Crippen LogP contribution in [0.3, 0.4) is 0 Å². The topological polar surface area (TPSA) is 54.0 Å². The first-order chi connectivity index (χ1) is 9.58. The average Bonchev–Trinajstić information content (AvgIpc) is 2.80. The van der Waals surface area contributed by atoms with E-state index in [0.717, 1.165) is 20.2 Å². The number of benzene rings is 1. The lowest BCUT2D eigenvalue weighted by molar-refractivity contribution is -0.116. The fraction of sp³-hybridized carbons (Fsp3) is 0.429. The molecular formula is C14H19N3OS2. The van der Waals surface area contributed by atoms with Crippen molar-refractivity contribution in [2.75, 3.05) is 18.1 Å². The van der Waals surface area contributed by atoms with Gasteiger partial charge in [-0.1, -0.05) is 25.6 Å². The molecule has 0 aliphatic carbocycles. The van der Waals surface area contributed by atoms with Crippen LogP contribution >= 0.6 is 23.1 Å². The van der Waals surface area contributed by atoms with Crippen LogP contribution in [0.4, 0.5) is 5.69 Å². The Morgan fingerprint density at radius 1 is 1.45 bits per heavy atom. The second-order valence-electron chi connectivity index (χ2n) is 4.77. The van der Waals surface area contributed by atoms with Crippen molar-refractivity contribution in [3.8, 4) is 0 Å². The Bertz CT molecular complexity index is 595. The van der Waals surface area contributed by atoms with Crippen molar-refractivity contribution in [2.45, 2.75) is 30.6 Å². The first-order valence-corrected chi connectivity index (χ1v) is 8.60. The van der Waals surface area contributed by atoms with Crippen molar-refractivity contribution < 1.29 is 4.79 Å². The van der Waals surface area contributed by atoms with Crippen molar-refractivity contribution in [2.24, 2.45) is 0 Å². The Balaban J connectivity index is 1.97. The average molecular weight is 309 g/mol. The van der Waals surface area contributed by atoms with E-state index in [9.17, 15) is 4.79 Å². The SMILES string of the molecule is CSc1nc2ccc(NC(=O)CCNC(C)C)cc2s1. The maximum atomic E-state index is 11.8. The number of aromatic nitrogens is 1. The lowest BCUT2D eigenvalue weighted by Crippen LogP contribution is -2.27. The number of thiazole rings is 1. The second-order valence-corrected chi connectivity index (χ2v) is 6.86. The lowest BCUT2D eigenvalue weighted by Gasteiger charge is -2.08. The highest BCUT2D eigenvalue weighted by atomic mass is 32.2. The number of nitrogens with one attached hydrogen (secondary N) is 2. The molecule has 2 rings (SSSR count). The van der Waals surface area contributed by atoms with Crippen LogP contribution in [0.2, 0.25) is 0 Å². The van der Waals surface area contributed by atoms with Crippen LogP contribution in [0.15, 0.2) is 22.5 Å². The molecule has 6 heteroatoms. The van der Waals surface area contributed by atoms with E-state index in [0.29, 0.717) is 19.0 Å². The molecule has 1 aromatic heterocycles. The van der Waals surface area contributed by atoms with Crippen LogP contribution in [0.1, 0.15) is 20.3 Å². The number of fused-ring (bicyclic) bond motifs is 1. The van der Waals surface area contributed by atoms with E-state index < -0.39 is 0 Å². The quantitative estimate of drug-likeness (QED) is 0.804. The van der Waals surface area contributed by atoms with Gasteiger partial charge in [-0.25, -0.2) is 4.98 Å². The number of carbonyl (C=O) groups is 1. The minimum atomic E-state index is 0.0344. The van der Waals surface area contributed by atoms with Gasteiger partial charge in [0.05, 0.1) is 10.2 Å². The minimum absolute atomic E-state index is 0.0344. The van der Waals surface area contributed by atoms with Gasteiger partial charge in [0.25, 0.3) is 0 Å². The van der Waals surface area contributed by atoms with E-state index in [1.807, 2.05) is 24.5 Å². The van der Waals surface area contributed by atoms with Crippen LogP contribution in [0, 0.1) is 0 Å². The molecular weight excluding hydrogens is 290 g/mol. The Morgan fingerprint density at radius 2 is 2.25 bits per heavy atom. The molecule has 0 spiro atoms. The van der Waals surface area contributed by atoms with Crippen LogP contribution in [-0.4, -0.2) is 29.7 Å². The smallest absolute Gasteiger partial charge is 0.225 e. The van der Waals surface area contributed by atoms with Gasteiger partial charge in [0.2, 0.25) is 5.91 Å². The molecule has 0 saturated carbocycles. The fourth-order valence-electron chi connectivity index (χ4n) is 1.77. The summed E-state index contributed by atoms with van der Waals surface area (Å²) in [5.74, 6) is 0.0344. The van der Waals surface area contributed by atoms with Crippen LogP contribution in [-0.2, 0) is 4.79 Å². The van der Waals surface area contributed by atoms with Gasteiger partial charge in [0.15, 0.2) is 4.34 Å². The largest absolute Gasteiger partial charge is 0.326 e. The first-order valence-electron chi connectivity index (χ1n) is 6.56. The summed E-state index contributed by atoms with van der Waals surface area (Å²) >= 11 is 3.29. The summed E-state index contributed by atoms with van der Waals surface area (Å²) in [7, 11) is 0. The summed E-state index contributed by atoms with van der Waals surface area (Å²) in [4.78, 5) is 16.3. The third-order valence-corrected chi connectivity index (χ3v) is 4.74. The highest BCUT2D eigenvalue weighted by molar-refractivity contribution is 8.00. The zero-order chi connectivity index (χ0) is 14.5. The van der Waals surface area contributed by atoms with Crippen molar-refractivity contribution >= 4 is 44.9 Å². The Kier molecular flexibility index (Phi) is 5.39. The molecule has 0 fully saturated rings. The van der Waals surface area contributed by atoms with E-state index in [1.54, 1.807) is 23.1 Å². The number of thioether (sulfide) groups is 1. The molecule has 108 valence electrons. The number of nitrogens with zero attached hydrogens (tertiary/aromatic N) is 1. The molecule has 0 atom stereocenters. The summed E-state index contributed by atoms with van der Waals surface area (Å²) in [6, 6.07) is 6.25.